The summed E-state index contributed by atoms with van der Waals surface area (Å²) in [5.74, 6) is -0.876. The number of hydrogen-bond donors (Lipinski definition) is 5. The average Bonchev–Trinajstić information content (AvgIpc) is 2.76. The molecule has 0 bridgehead atoms. The predicted octanol–water partition coefficient (Wildman–Crippen LogP) is 5.03. The Labute approximate surface area is 209 Å². The number of carbonyl (C=O) groups excluding carboxylic acids is 2. The molecule has 10 heteroatoms. The fourth-order valence-corrected chi connectivity index (χ4v) is 3.24. The van der Waals surface area contributed by atoms with E-state index < -0.39 is 35.3 Å². The van der Waals surface area contributed by atoms with Crippen LogP contribution in [0.15, 0.2) is 60.4 Å². The molecule has 0 saturated heterocycles. The van der Waals surface area contributed by atoms with Crippen molar-refractivity contribution >= 4 is 29.5 Å². The van der Waals surface area contributed by atoms with Gasteiger partial charge >= 0.3 is 12.2 Å². The molecule has 3 amide bonds. The number of H-pyrrole nitrogens is 1. The van der Waals surface area contributed by atoms with E-state index in [-0.39, 0.29) is 17.3 Å². The maximum atomic E-state index is 12.6. The number of amides is 3. The lowest BCUT2D eigenvalue weighted by Crippen LogP contribution is -2.35. The first-order valence-corrected chi connectivity index (χ1v) is 11.3. The number of carbonyl (C=O) groups is 3. The van der Waals surface area contributed by atoms with E-state index in [1.54, 1.807) is 45.9 Å². The second-order valence-corrected chi connectivity index (χ2v) is 9.12. The Hall–Kier alpha value is -4.34. The van der Waals surface area contributed by atoms with Crippen LogP contribution in [0, 0.1) is 5.92 Å². The molecular formula is C26H32N4O6. The molecule has 10 nitrogen and oxygen atoms in total. The lowest BCUT2D eigenvalue weighted by molar-refractivity contribution is -0.118. The van der Waals surface area contributed by atoms with Gasteiger partial charge in [0.1, 0.15) is 5.60 Å². The molecule has 1 aromatic carbocycles. The summed E-state index contributed by atoms with van der Waals surface area (Å²) in [4.78, 5) is 51.4. The minimum atomic E-state index is -1.27. The maximum absolute atomic E-state index is 12.6. The van der Waals surface area contributed by atoms with Crippen molar-refractivity contribution in [3.8, 4) is 11.1 Å². The summed E-state index contributed by atoms with van der Waals surface area (Å²) in [5, 5.41) is 16.8. The van der Waals surface area contributed by atoms with Crippen LogP contribution in [0.2, 0.25) is 0 Å². The molecule has 0 saturated carbocycles. The first-order chi connectivity index (χ1) is 16.8. The molecule has 0 aliphatic rings. The first-order valence-electron chi connectivity index (χ1n) is 11.3. The summed E-state index contributed by atoms with van der Waals surface area (Å²) < 4.78 is 5.34. The van der Waals surface area contributed by atoms with Gasteiger partial charge in [-0.3, -0.25) is 14.9 Å². The number of anilines is 2. The van der Waals surface area contributed by atoms with Gasteiger partial charge < -0.3 is 25.5 Å². The second-order valence-electron chi connectivity index (χ2n) is 9.12. The van der Waals surface area contributed by atoms with Crippen molar-refractivity contribution < 1.29 is 24.2 Å². The van der Waals surface area contributed by atoms with Crippen LogP contribution in [0.4, 0.5) is 21.0 Å². The molecule has 2 rings (SSSR count). The van der Waals surface area contributed by atoms with Gasteiger partial charge in [0, 0.05) is 23.0 Å². The summed E-state index contributed by atoms with van der Waals surface area (Å²) in [6.45, 7) is 14.2. The van der Waals surface area contributed by atoms with Gasteiger partial charge in [0.05, 0.1) is 17.6 Å². The number of carboxylic acid groups (broad SMARTS) is 1. The quantitative estimate of drug-likeness (QED) is 0.307. The minimum absolute atomic E-state index is 0.231. The number of benzene rings is 1. The molecule has 1 heterocycles. The molecule has 1 aromatic heterocycles. The second kappa shape index (κ2) is 11.9. The molecule has 2 atom stereocenters. The van der Waals surface area contributed by atoms with Crippen molar-refractivity contribution in [2.24, 2.45) is 5.92 Å². The first kappa shape index (κ1) is 27.9. The van der Waals surface area contributed by atoms with Crippen LogP contribution in [-0.2, 0) is 9.53 Å². The minimum Gasteiger partial charge on any atom is -0.465 e. The molecule has 192 valence electrons. The number of ether oxygens (including phenoxy) is 1. The summed E-state index contributed by atoms with van der Waals surface area (Å²) in [5.41, 5.74) is 0.680. The molecular weight excluding hydrogens is 464 g/mol. The molecule has 0 fully saturated rings. The number of alkyl carbamates (subject to hydrolysis) is 1. The summed E-state index contributed by atoms with van der Waals surface area (Å²) in [6.07, 6.45) is 1.46. The summed E-state index contributed by atoms with van der Waals surface area (Å²) in [6, 6.07) is 6.92. The summed E-state index contributed by atoms with van der Waals surface area (Å²) >= 11 is 0. The van der Waals surface area contributed by atoms with Crippen LogP contribution in [0.25, 0.3) is 11.1 Å². The van der Waals surface area contributed by atoms with Crippen molar-refractivity contribution in [3.05, 3.63) is 71.7 Å². The van der Waals surface area contributed by atoms with E-state index in [0.717, 1.165) is 0 Å². The van der Waals surface area contributed by atoms with Crippen LogP contribution in [0.5, 0.6) is 0 Å². The van der Waals surface area contributed by atoms with E-state index in [2.05, 4.69) is 34.1 Å². The van der Waals surface area contributed by atoms with Gasteiger partial charge in [-0.15, -0.1) is 13.2 Å². The number of aromatic amines is 1. The van der Waals surface area contributed by atoms with Crippen molar-refractivity contribution in [3.63, 3.8) is 0 Å². The zero-order valence-electron chi connectivity index (χ0n) is 20.8. The Morgan fingerprint density at radius 1 is 1.14 bits per heavy atom. The van der Waals surface area contributed by atoms with Crippen LogP contribution < -0.4 is 21.5 Å². The van der Waals surface area contributed by atoms with Gasteiger partial charge in [-0.05, 0) is 51.0 Å². The van der Waals surface area contributed by atoms with Crippen molar-refractivity contribution in [2.45, 2.75) is 45.8 Å². The molecule has 0 spiro atoms. The number of rotatable bonds is 9. The van der Waals surface area contributed by atoms with Gasteiger partial charge in [-0.25, -0.2) is 9.59 Å². The van der Waals surface area contributed by atoms with Crippen molar-refractivity contribution in [1.29, 1.82) is 0 Å². The van der Waals surface area contributed by atoms with Crippen LogP contribution in [0.1, 0.15) is 45.9 Å². The predicted molar refractivity (Wildman–Crippen MR) is 139 cm³/mol. The molecule has 2 aromatic rings. The van der Waals surface area contributed by atoms with Gasteiger partial charge in [-0.1, -0.05) is 25.1 Å². The fraction of sp³-hybridized carbons (Fsp3) is 0.308. The van der Waals surface area contributed by atoms with Crippen LogP contribution >= 0.6 is 0 Å². The highest BCUT2D eigenvalue weighted by Crippen LogP contribution is 2.32. The third-order valence-corrected chi connectivity index (χ3v) is 4.94. The van der Waals surface area contributed by atoms with E-state index in [0.29, 0.717) is 23.2 Å². The molecule has 1 unspecified atom stereocenters. The van der Waals surface area contributed by atoms with Gasteiger partial charge in [0.25, 0.3) is 0 Å². The molecule has 0 aliphatic heterocycles. The Balaban J connectivity index is 2.55. The number of hydrogen-bond acceptors (Lipinski definition) is 5. The maximum Gasteiger partial charge on any atom is 0.409 e. The standard InChI is InChI=1S/C26H32N4O6/c1-7-9-19(30-25(35)36-26(4,5)6)21-12-16(13-22(31)28-21)18-11-10-17(27-24(33)34)14-20(18)29-23(32)15(3)8-2/h7-8,10-15,19,27H,1-2,9H2,3-6H3,(H,28,31)(H,29,32)(H,30,35)(H,33,34)/t15?,19-/m0/s1. The summed E-state index contributed by atoms with van der Waals surface area (Å²) in [7, 11) is 0. The molecule has 0 radical (unpaired) electrons. The van der Waals surface area contributed by atoms with Crippen LogP contribution in [-0.4, -0.2) is 33.8 Å². The van der Waals surface area contributed by atoms with Gasteiger partial charge in [-0.2, -0.15) is 0 Å². The lowest BCUT2D eigenvalue weighted by atomic mass is 10.00. The van der Waals surface area contributed by atoms with Gasteiger partial charge in [0.15, 0.2) is 0 Å². The van der Waals surface area contributed by atoms with Gasteiger partial charge in [0.2, 0.25) is 11.5 Å². The Morgan fingerprint density at radius 2 is 1.83 bits per heavy atom. The lowest BCUT2D eigenvalue weighted by Gasteiger charge is -2.23. The van der Waals surface area contributed by atoms with E-state index in [1.807, 2.05) is 0 Å². The number of nitrogens with one attached hydrogen (secondary N) is 4. The monoisotopic (exact) mass is 496 g/mol. The van der Waals surface area contributed by atoms with Crippen molar-refractivity contribution in [1.82, 2.24) is 10.3 Å². The number of pyridine rings is 1. The molecule has 5 N–H and O–H groups in total. The van der Waals surface area contributed by atoms with E-state index >= 15 is 0 Å². The fourth-order valence-electron chi connectivity index (χ4n) is 3.24. The zero-order chi connectivity index (χ0) is 27.0. The Morgan fingerprint density at radius 3 is 2.42 bits per heavy atom. The normalized spacial score (nSPS) is 12.6. The number of aromatic nitrogens is 1. The average molecular weight is 497 g/mol. The van der Waals surface area contributed by atoms with Crippen LogP contribution in [0.3, 0.4) is 0 Å². The molecule has 36 heavy (non-hydrogen) atoms. The Kier molecular flexibility index (Phi) is 9.20. The van der Waals surface area contributed by atoms with Crippen molar-refractivity contribution in [2.75, 3.05) is 10.6 Å². The van der Waals surface area contributed by atoms with E-state index in [9.17, 15) is 19.2 Å². The topological polar surface area (TPSA) is 150 Å². The molecule has 0 aliphatic carbocycles. The third-order valence-electron chi connectivity index (χ3n) is 4.94. The Bertz CT molecular complexity index is 1210. The largest absolute Gasteiger partial charge is 0.465 e. The highest BCUT2D eigenvalue weighted by molar-refractivity contribution is 5.99. The zero-order valence-corrected chi connectivity index (χ0v) is 20.8. The third kappa shape index (κ3) is 8.15. The van der Waals surface area contributed by atoms with E-state index in [1.165, 1.54) is 24.3 Å². The highest BCUT2D eigenvalue weighted by atomic mass is 16.6. The van der Waals surface area contributed by atoms with E-state index in [4.69, 9.17) is 9.84 Å². The smallest absolute Gasteiger partial charge is 0.409 e. The highest BCUT2D eigenvalue weighted by Gasteiger charge is 2.22. The SMILES string of the molecule is C=CC[C@H](NC(=O)OC(C)(C)C)c1cc(-c2ccc(NC(=O)O)cc2NC(=O)C(C)C=C)cc(=O)[nH]1.